The molecule has 0 atom stereocenters. The number of pyridine rings is 1. The molecule has 4 rings (SSSR count). The van der Waals surface area contributed by atoms with Crippen molar-refractivity contribution in [2.75, 3.05) is 51.0 Å². The second-order valence-corrected chi connectivity index (χ2v) is 8.26. The standard InChI is InChI=1S/C21H22ClF3N6O/c1-11-8-14(26)29-18(16(11)21(23,24)25)12-9-13-15-19(17(12)22)32-7-6-31(5-4-30(2)3)20(15)28-10-27-13/h8-10H,4-7H2,1-3H3,(H2,26,29). The monoisotopic (exact) mass is 466 g/mol. The predicted molar refractivity (Wildman–Crippen MR) is 118 cm³/mol. The number of ether oxygens (including phenoxy) is 1. The maximum atomic E-state index is 13.9. The second kappa shape index (κ2) is 8.25. The average molecular weight is 467 g/mol. The van der Waals surface area contributed by atoms with Gasteiger partial charge < -0.3 is 20.3 Å². The number of nitrogens with zero attached hydrogens (tertiary/aromatic N) is 5. The van der Waals surface area contributed by atoms with Crippen LogP contribution >= 0.6 is 11.6 Å². The van der Waals surface area contributed by atoms with Gasteiger partial charge in [-0.1, -0.05) is 11.6 Å². The molecular formula is C21H22ClF3N6O. The summed E-state index contributed by atoms with van der Waals surface area (Å²) in [5.74, 6) is 0.842. The van der Waals surface area contributed by atoms with Crippen molar-refractivity contribution in [3.05, 3.63) is 34.6 Å². The van der Waals surface area contributed by atoms with Gasteiger partial charge in [-0.15, -0.1) is 0 Å². The Balaban J connectivity index is 1.97. The van der Waals surface area contributed by atoms with Crippen LogP contribution in [0.5, 0.6) is 5.75 Å². The lowest BCUT2D eigenvalue weighted by atomic mass is 9.99. The molecule has 1 aliphatic heterocycles. The summed E-state index contributed by atoms with van der Waals surface area (Å²) in [6.45, 7) is 3.65. The van der Waals surface area contributed by atoms with E-state index in [4.69, 9.17) is 22.1 Å². The zero-order valence-corrected chi connectivity index (χ0v) is 18.5. The first-order valence-corrected chi connectivity index (χ1v) is 10.3. The molecule has 0 saturated carbocycles. The molecule has 7 nitrogen and oxygen atoms in total. The van der Waals surface area contributed by atoms with Gasteiger partial charge in [0.05, 0.1) is 33.7 Å². The van der Waals surface area contributed by atoms with E-state index in [0.29, 0.717) is 29.8 Å². The molecule has 3 heterocycles. The van der Waals surface area contributed by atoms with Crippen LogP contribution in [0.4, 0.5) is 24.8 Å². The minimum atomic E-state index is -4.65. The normalized spacial score (nSPS) is 14.1. The first-order valence-electron chi connectivity index (χ1n) is 9.92. The van der Waals surface area contributed by atoms with Crippen molar-refractivity contribution in [2.24, 2.45) is 0 Å². The lowest BCUT2D eigenvalue weighted by molar-refractivity contribution is -0.137. The van der Waals surface area contributed by atoms with Gasteiger partial charge in [0.1, 0.15) is 24.6 Å². The quantitative estimate of drug-likeness (QED) is 0.622. The second-order valence-electron chi connectivity index (χ2n) is 7.88. The molecule has 0 saturated heterocycles. The van der Waals surface area contributed by atoms with E-state index in [1.807, 2.05) is 19.0 Å². The maximum Gasteiger partial charge on any atom is 0.418 e. The van der Waals surface area contributed by atoms with Crippen LogP contribution in [0.15, 0.2) is 18.5 Å². The fourth-order valence-corrected chi connectivity index (χ4v) is 4.14. The topological polar surface area (TPSA) is 80.4 Å². The summed E-state index contributed by atoms with van der Waals surface area (Å²) >= 11 is 6.65. The number of nitrogens with two attached hydrogens (primary N) is 1. The van der Waals surface area contributed by atoms with Gasteiger partial charge in [-0.05, 0) is 38.7 Å². The smallest absolute Gasteiger partial charge is 0.418 e. The molecule has 1 aromatic carbocycles. The third-order valence-electron chi connectivity index (χ3n) is 5.30. The van der Waals surface area contributed by atoms with E-state index >= 15 is 0 Å². The fraction of sp³-hybridized carbons (Fsp3) is 0.381. The van der Waals surface area contributed by atoms with E-state index in [9.17, 15) is 13.2 Å². The molecule has 11 heteroatoms. The molecule has 0 aliphatic carbocycles. The van der Waals surface area contributed by atoms with Gasteiger partial charge in [-0.25, -0.2) is 15.0 Å². The molecular weight excluding hydrogens is 445 g/mol. The van der Waals surface area contributed by atoms with Crippen molar-refractivity contribution in [2.45, 2.75) is 13.1 Å². The number of nitrogen functional groups attached to an aromatic ring is 1. The lowest BCUT2D eigenvalue weighted by Crippen LogP contribution is -2.34. The van der Waals surface area contributed by atoms with Crippen LogP contribution in [0.1, 0.15) is 11.1 Å². The van der Waals surface area contributed by atoms with Crippen molar-refractivity contribution in [1.29, 1.82) is 0 Å². The van der Waals surface area contributed by atoms with E-state index in [1.165, 1.54) is 25.4 Å². The van der Waals surface area contributed by atoms with Crippen LogP contribution in [0.25, 0.3) is 22.2 Å². The van der Waals surface area contributed by atoms with Crippen LogP contribution in [0.3, 0.4) is 0 Å². The number of hydrogen-bond acceptors (Lipinski definition) is 7. The third kappa shape index (κ3) is 4.00. The van der Waals surface area contributed by atoms with Crippen molar-refractivity contribution in [1.82, 2.24) is 19.9 Å². The van der Waals surface area contributed by atoms with Gasteiger partial charge in [-0.3, -0.25) is 0 Å². The number of rotatable bonds is 4. The summed E-state index contributed by atoms with van der Waals surface area (Å²) in [6.07, 6.45) is -3.26. The van der Waals surface area contributed by atoms with Crippen molar-refractivity contribution in [3.63, 3.8) is 0 Å². The van der Waals surface area contributed by atoms with Crippen LogP contribution in [-0.2, 0) is 6.18 Å². The summed E-state index contributed by atoms with van der Waals surface area (Å²) in [7, 11) is 3.94. The molecule has 170 valence electrons. The number of benzene rings is 1. The number of anilines is 2. The Labute approximate surface area is 188 Å². The van der Waals surface area contributed by atoms with E-state index < -0.39 is 11.7 Å². The Bertz CT molecular complexity index is 1180. The molecule has 0 bridgehead atoms. The van der Waals surface area contributed by atoms with E-state index in [0.717, 1.165) is 6.54 Å². The molecule has 0 spiro atoms. The zero-order chi connectivity index (χ0) is 23.2. The van der Waals surface area contributed by atoms with Gasteiger partial charge in [0.15, 0.2) is 5.75 Å². The maximum absolute atomic E-state index is 13.9. The van der Waals surface area contributed by atoms with Gasteiger partial charge >= 0.3 is 6.18 Å². The number of halogens is 4. The molecule has 32 heavy (non-hydrogen) atoms. The molecule has 2 N–H and O–H groups in total. The van der Waals surface area contributed by atoms with E-state index in [-0.39, 0.29) is 40.0 Å². The Kier molecular flexibility index (Phi) is 5.76. The minimum Gasteiger partial charge on any atom is -0.489 e. The Morgan fingerprint density at radius 3 is 2.69 bits per heavy atom. The summed E-state index contributed by atoms with van der Waals surface area (Å²) in [6, 6.07) is 2.68. The van der Waals surface area contributed by atoms with Crippen molar-refractivity contribution >= 4 is 34.1 Å². The summed E-state index contributed by atoms with van der Waals surface area (Å²) in [5.41, 5.74) is 4.98. The number of likely N-dealkylation sites (N-methyl/N-ethyl adjacent to an activating group) is 1. The highest BCUT2D eigenvalue weighted by molar-refractivity contribution is 6.36. The van der Waals surface area contributed by atoms with Gasteiger partial charge in [0, 0.05) is 18.7 Å². The first kappa shape index (κ1) is 22.3. The van der Waals surface area contributed by atoms with E-state index in [1.54, 1.807) is 0 Å². The largest absolute Gasteiger partial charge is 0.489 e. The number of hydrogen-bond donors (Lipinski definition) is 1. The molecule has 0 fully saturated rings. The van der Waals surface area contributed by atoms with Crippen molar-refractivity contribution in [3.8, 4) is 17.0 Å². The average Bonchev–Trinajstić information content (AvgIpc) is 2.88. The Morgan fingerprint density at radius 2 is 2.00 bits per heavy atom. The minimum absolute atomic E-state index is 0.0195. The highest BCUT2D eigenvalue weighted by Gasteiger charge is 2.38. The Morgan fingerprint density at radius 1 is 1.25 bits per heavy atom. The van der Waals surface area contributed by atoms with Crippen LogP contribution in [-0.4, -0.2) is 60.2 Å². The fourth-order valence-electron chi connectivity index (χ4n) is 3.85. The van der Waals surface area contributed by atoms with Crippen LogP contribution in [0.2, 0.25) is 5.02 Å². The zero-order valence-electron chi connectivity index (χ0n) is 17.8. The van der Waals surface area contributed by atoms with E-state index in [2.05, 4.69) is 19.9 Å². The predicted octanol–water partition coefficient (Wildman–Crippen LogP) is 4.02. The lowest BCUT2D eigenvalue weighted by Gasteiger charge is -2.24. The van der Waals surface area contributed by atoms with Crippen molar-refractivity contribution < 1.29 is 17.9 Å². The van der Waals surface area contributed by atoms with Crippen LogP contribution < -0.4 is 15.4 Å². The van der Waals surface area contributed by atoms with Gasteiger partial charge in [-0.2, -0.15) is 13.2 Å². The highest BCUT2D eigenvalue weighted by Crippen LogP contribution is 2.47. The van der Waals surface area contributed by atoms with Crippen LogP contribution in [0, 0.1) is 6.92 Å². The molecule has 0 amide bonds. The third-order valence-corrected chi connectivity index (χ3v) is 5.68. The molecule has 2 aromatic heterocycles. The van der Waals surface area contributed by atoms with Gasteiger partial charge in [0.25, 0.3) is 0 Å². The summed E-state index contributed by atoms with van der Waals surface area (Å²) in [4.78, 5) is 16.8. The number of alkyl halides is 3. The number of aryl methyl sites for hydroxylation is 1. The Hall–Kier alpha value is -2.85. The summed E-state index contributed by atoms with van der Waals surface area (Å²) < 4.78 is 47.6. The molecule has 0 unspecified atom stereocenters. The SMILES string of the molecule is Cc1cc(N)nc(-c2cc3ncnc4c3c(c2Cl)OCCN4CCN(C)C)c1C(F)(F)F. The highest BCUT2D eigenvalue weighted by atomic mass is 35.5. The number of aromatic nitrogens is 3. The molecule has 0 radical (unpaired) electrons. The molecule has 3 aromatic rings. The first-order chi connectivity index (χ1) is 15.1. The summed E-state index contributed by atoms with van der Waals surface area (Å²) in [5, 5.41) is 0.581. The molecule has 1 aliphatic rings. The van der Waals surface area contributed by atoms with Gasteiger partial charge in [0.2, 0.25) is 0 Å².